The predicted octanol–water partition coefficient (Wildman–Crippen LogP) is 2.24. The molecule has 1 fully saturated rings. The summed E-state index contributed by atoms with van der Waals surface area (Å²) in [4.78, 5) is 15.3. The molecule has 1 aliphatic heterocycles. The average Bonchev–Trinajstić information content (AvgIpc) is 2.88. The zero-order valence-electron chi connectivity index (χ0n) is 11.2. The van der Waals surface area contributed by atoms with Gasteiger partial charge in [-0.15, -0.1) is 23.7 Å². The third-order valence-corrected chi connectivity index (χ3v) is 4.10. The molecular formula is C12H17ClF3N3OS. The third-order valence-electron chi connectivity index (χ3n) is 3.19. The maximum Gasteiger partial charge on any atom is 0.434 e. The van der Waals surface area contributed by atoms with E-state index in [0.29, 0.717) is 18.0 Å². The van der Waals surface area contributed by atoms with Crippen LogP contribution in [0.3, 0.4) is 0 Å². The number of carbonyl (C=O) groups is 1. The van der Waals surface area contributed by atoms with Crippen molar-refractivity contribution in [1.82, 2.24) is 15.6 Å². The summed E-state index contributed by atoms with van der Waals surface area (Å²) >= 11 is 0.971. The monoisotopic (exact) mass is 343 g/mol. The fourth-order valence-corrected chi connectivity index (χ4v) is 2.88. The van der Waals surface area contributed by atoms with Gasteiger partial charge < -0.3 is 10.6 Å². The molecule has 0 aliphatic carbocycles. The SMILES string of the molecule is Cl.O=C(NCCc1nc(C(F)(F)F)cs1)C1CCNCC1. The first-order chi connectivity index (χ1) is 9.47. The number of amides is 1. The van der Waals surface area contributed by atoms with E-state index >= 15 is 0 Å². The first kappa shape index (κ1) is 18.2. The number of thiazole rings is 1. The third kappa shape index (κ3) is 5.44. The van der Waals surface area contributed by atoms with E-state index in [2.05, 4.69) is 15.6 Å². The van der Waals surface area contributed by atoms with E-state index in [9.17, 15) is 18.0 Å². The molecule has 2 N–H and O–H groups in total. The molecule has 1 amide bonds. The molecule has 0 spiro atoms. The van der Waals surface area contributed by atoms with E-state index in [1.165, 1.54) is 0 Å². The van der Waals surface area contributed by atoms with Gasteiger partial charge in [0.25, 0.3) is 0 Å². The first-order valence-corrected chi connectivity index (χ1v) is 7.35. The van der Waals surface area contributed by atoms with Gasteiger partial charge in [0.1, 0.15) is 0 Å². The largest absolute Gasteiger partial charge is 0.434 e. The average molecular weight is 344 g/mol. The number of hydrogen-bond donors (Lipinski definition) is 2. The highest BCUT2D eigenvalue weighted by atomic mass is 35.5. The zero-order chi connectivity index (χ0) is 14.6. The number of halogens is 4. The summed E-state index contributed by atoms with van der Waals surface area (Å²) in [5.41, 5.74) is -0.859. The van der Waals surface area contributed by atoms with Crippen LogP contribution in [0.25, 0.3) is 0 Å². The Morgan fingerprint density at radius 3 is 2.67 bits per heavy atom. The van der Waals surface area contributed by atoms with Crippen LogP contribution in [-0.2, 0) is 17.4 Å². The van der Waals surface area contributed by atoms with Crippen molar-refractivity contribution < 1.29 is 18.0 Å². The number of aromatic nitrogens is 1. The van der Waals surface area contributed by atoms with Gasteiger partial charge in [-0.3, -0.25) is 4.79 Å². The van der Waals surface area contributed by atoms with Crippen LogP contribution in [0.15, 0.2) is 5.38 Å². The van der Waals surface area contributed by atoms with Gasteiger partial charge in [0, 0.05) is 24.3 Å². The number of hydrogen-bond acceptors (Lipinski definition) is 4. The van der Waals surface area contributed by atoms with Gasteiger partial charge in [-0.2, -0.15) is 13.2 Å². The van der Waals surface area contributed by atoms with Crippen LogP contribution in [-0.4, -0.2) is 30.5 Å². The van der Waals surface area contributed by atoms with Crippen LogP contribution in [0.4, 0.5) is 13.2 Å². The highest BCUT2D eigenvalue weighted by Crippen LogP contribution is 2.30. The second-order valence-corrected chi connectivity index (χ2v) is 5.63. The van der Waals surface area contributed by atoms with Gasteiger partial charge in [-0.1, -0.05) is 0 Å². The Morgan fingerprint density at radius 1 is 1.43 bits per heavy atom. The van der Waals surface area contributed by atoms with E-state index in [-0.39, 0.29) is 24.2 Å². The molecule has 0 saturated carbocycles. The first-order valence-electron chi connectivity index (χ1n) is 6.47. The van der Waals surface area contributed by atoms with E-state index < -0.39 is 11.9 Å². The minimum Gasteiger partial charge on any atom is -0.355 e. The zero-order valence-corrected chi connectivity index (χ0v) is 12.8. The molecule has 21 heavy (non-hydrogen) atoms. The maximum atomic E-state index is 12.4. The summed E-state index contributed by atoms with van der Waals surface area (Å²) in [5.74, 6) is -0.00242. The summed E-state index contributed by atoms with van der Waals surface area (Å²) in [6.07, 6.45) is -2.45. The molecule has 1 saturated heterocycles. The van der Waals surface area contributed by atoms with E-state index in [4.69, 9.17) is 0 Å². The van der Waals surface area contributed by atoms with Crippen LogP contribution in [0.2, 0.25) is 0 Å². The van der Waals surface area contributed by atoms with Crippen molar-refractivity contribution in [3.05, 3.63) is 16.1 Å². The Kier molecular flexibility index (Phi) is 6.89. The van der Waals surface area contributed by atoms with E-state index in [1.807, 2.05) is 0 Å². The molecule has 0 aromatic carbocycles. The Bertz CT molecular complexity index is 461. The lowest BCUT2D eigenvalue weighted by molar-refractivity contribution is -0.140. The molecule has 2 heterocycles. The number of rotatable bonds is 4. The number of nitrogens with zero attached hydrogens (tertiary/aromatic N) is 1. The molecule has 9 heteroatoms. The molecule has 1 aliphatic rings. The number of alkyl halides is 3. The highest BCUT2D eigenvalue weighted by Gasteiger charge is 2.33. The Labute approximate surface area is 130 Å². The number of carbonyl (C=O) groups excluding carboxylic acids is 1. The minimum atomic E-state index is -4.40. The van der Waals surface area contributed by atoms with Gasteiger partial charge in [-0.25, -0.2) is 4.98 Å². The van der Waals surface area contributed by atoms with Gasteiger partial charge in [-0.05, 0) is 25.9 Å². The Morgan fingerprint density at radius 2 is 2.10 bits per heavy atom. The van der Waals surface area contributed by atoms with Crippen LogP contribution < -0.4 is 10.6 Å². The summed E-state index contributed by atoms with van der Waals surface area (Å²) < 4.78 is 37.1. The van der Waals surface area contributed by atoms with Crippen molar-refractivity contribution in [2.45, 2.75) is 25.4 Å². The molecule has 0 bridgehead atoms. The van der Waals surface area contributed by atoms with Crippen molar-refractivity contribution in [3.8, 4) is 0 Å². The van der Waals surface area contributed by atoms with Crippen molar-refractivity contribution in [1.29, 1.82) is 0 Å². The van der Waals surface area contributed by atoms with Gasteiger partial charge in [0.2, 0.25) is 5.91 Å². The van der Waals surface area contributed by atoms with Gasteiger partial charge in [0.15, 0.2) is 5.69 Å². The second kappa shape index (κ2) is 7.95. The quantitative estimate of drug-likeness (QED) is 0.881. The van der Waals surface area contributed by atoms with Crippen molar-refractivity contribution in [3.63, 3.8) is 0 Å². The van der Waals surface area contributed by atoms with Gasteiger partial charge in [0.05, 0.1) is 5.01 Å². The predicted molar refractivity (Wildman–Crippen MR) is 76.7 cm³/mol. The molecule has 2 rings (SSSR count). The fourth-order valence-electron chi connectivity index (χ4n) is 2.08. The lowest BCUT2D eigenvalue weighted by atomic mass is 9.97. The van der Waals surface area contributed by atoms with Crippen molar-refractivity contribution in [2.24, 2.45) is 5.92 Å². The van der Waals surface area contributed by atoms with Crippen LogP contribution in [0, 0.1) is 5.92 Å². The van der Waals surface area contributed by atoms with Crippen molar-refractivity contribution in [2.75, 3.05) is 19.6 Å². The smallest absolute Gasteiger partial charge is 0.355 e. The van der Waals surface area contributed by atoms with Crippen molar-refractivity contribution >= 4 is 29.7 Å². The molecule has 0 atom stereocenters. The summed E-state index contributed by atoms with van der Waals surface area (Å²) in [6.45, 7) is 1.99. The Hall–Kier alpha value is -0.860. The molecular weight excluding hydrogens is 327 g/mol. The van der Waals surface area contributed by atoms with Crippen LogP contribution >= 0.6 is 23.7 Å². The lowest BCUT2D eigenvalue weighted by Crippen LogP contribution is -2.38. The molecule has 1 aromatic rings. The standard InChI is InChI=1S/C12H16F3N3OS.ClH/c13-12(14,15)9-7-20-10(18-9)3-6-17-11(19)8-1-4-16-5-2-8;/h7-8,16H,1-6H2,(H,17,19);1H. The molecule has 0 unspecified atom stereocenters. The van der Waals surface area contributed by atoms with E-state index in [0.717, 1.165) is 42.6 Å². The highest BCUT2D eigenvalue weighted by molar-refractivity contribution is 7.09. The normalized spacial score (nSPS) is 16.3. The maximum absolute atomic E-state index is 12.4. The number of nitrogens with one attached hydrogen (secondary N) is 2. The topological polar surface area (TPSA) is 54.0 Å². The minimum absolute atomic E-state index is 0. The summed E-state index contributed by atoms with van der Waals surface area (Å²) in [5, 5.41) is 7.34. The molecule has 120 valence electrons. The second-order valence-electron chi connectivity index (χ2n) is 4.69. The number of piperidine rings is 1. The Balaban J connectivity index is 0.00000220. The lowest BCUT2D eigenvalue weighted by Gasteiger charge is -2.21. The summed E-state index contributed by atoms with van der Waals surface area (Å²) in [7, 11) is 0. The summed E-state index contributed by atoms with van der Waals surface area (Å²) in [6, 6.07) is 0. The molecule has 4 nitrogen and oxygen atoms in total. The molecule has 0 radical (unpaired) electrons. The van der Waals surface area contributed by atoms with Gasteiger partial charge >= 0.3 is 6.18 Å². The van der Waals surface area contributed by atoms with Crippen LogP contribution in [0.1, 0.15) is 23.5 Å². The van der Waals surface area contributed by atoms with E-state index in [1.54, 1.807) is 0 Å². The van der Waals surface area contributed by atoms with Crippen LogP contribution in [0.5, 0.6) is 0 Å². The fraction of sp³-hybridized carbons (Fsp3) is 0.667. The molecule has 1 aromatic heterocycles.